The summed E-state index contributed by atoms with van der Waals surface area (Å²) in [5.41, 5.74) is 1.90. The highest BCUT2D eigenvalue weighted by Gasteiger charge is 2.09. The second-order valence-corrected chi connectivity index (χ2v) is 5.06. The molecule has 1 heterocycles. The van der Waals surface area contributed by atoms with Crippen LogP contribution in [0.5, 0.6) is 0 Å². The van der Waals surface area contributed by atoms with Crippen LogP contribution in [0.4, 0.5) is 0 Å². The van der Waals surface area contributed by atoms with Crippen molar-refractivity contribution in [2.75, 3.05) is 0 Å². The Kier molecular flexibility index (Phi) is 4.51. The Morgan fingerprint density at radius 3 is 2.50 bits per heavy atom. The molecule has 1 N–H and O–H groups in total. The second kappa shape index (κ2) is 5.93. The van der Waals surface area contributed by atoms with Crippen LogP contribution in [0.1, 0.15) is 11.3 Å². The molecule has 0 unspecified atom stereocenters. The summed E-state index contributed by atoms with van der Waals surface area (Å²) in [6.45, 7) is 1.25. The van der Waals surface area contributed by atoms with Gasteiger partial charge in [-0.2, -0.15) is 5.10 Å². The van der Waals surface area contributed by atoms with Crippen molar-refractivity contribution >= 4 is 34.8 Å². The Hall–Kier alpha value is -0.740. The predicted molar refractivity (Wildman–Crippen MR) is 75.2 cm³/mol. The Bertz CT molecular complexity index is 551. The maximum absolute atomic E-state index is 6.12. The lowest BCUT2D eigenvalue weighted by atomic mass is 10.2. The van der Waals surface area contributed by atoms with Gasteiger partial charge in [-0.1, -0.05) is 34.8 Å². The summed E-state index contributed by atoms with van der Waals surface area (Å²) in [5.74, 6) is 0. The number of rotatable bonds is 4. The lowest BCUT2D eigenvalue weighted by Gasteiger charge is -2.10. The van der Waals surface area contributed by atoms with Crippen LogP contribution in [-0.2, 0) is 20.1 Å². The van der Waals surface area contributed by atoms with Gasteiger partial charge in [0.1, 0.15) is 0 Å². The van der Waals surface area contributed by atoms with Gasteiger partial charge in [0.2, 0.25) is 0 Å². The van der Waals surface area contributed by atoms with Gasteiger partial charge in [0.05, 0.1) is 15.7 Å². The van der Waals surface area contributed by atoms with Gasteiger partial charge in [-0.3, -0.25) is 4.68 Å². The highest BCUT2D eigenvalue weighted by molar-refractivity contribution is 6.44. The van der Waals surface area contributed by atoms with Crippen LogP contribution in [0.3, 0.4) is 0 Å². The third-order valence-corrected chi connectivity index (χ3v) is 3.87. The highest BCUT2D eigenvalue weighted by Crippen LogP contribution is 2.31. The SMILES string of the molecule is Cn1nccc1CNCc1c(Cl)ccc(Cl)c1Cl. The van der Waals surface area contributed by atoms with E-state index in [1.165, 1.54) is 0 Å². The summed E-state index contributed by atoms with van der Waals surface area (Å²) in [4.78, 5) is 0. The molecule has 0 radical (unpaired) electrons. The molecule has 2 aromatic rings. The number of halogens is 3. The Morgan fingerprint density at radius 1 is 1.11 bits per heavy atom. The molecule has 0 fully saturated rings. The molecule has 0 bridgehead atoms. The van der Waals surface area contributed by atoms with Crippen molar-refractivity contribution in [3.05, 3.63) is 50.7 Å². The molecule has 1 aromatic heterocycles. The summed E-state index contributed by atoms with van der Waals surface area (Å²) in [5, 5.41) is 8.99. The third kappa shape index (κ3) is 2.98. The van der Waals surface area contributed by atoms with E-state index in [1.807, 2.05) is 17.8 Å². The van der Waals surface area contributed by atoms with Crippen LogP contribution in [0.25, 0.3) is 0 Å². The minimum atomic E-state index is 0.502. The summed E-state index contributed by atoms with van der Waals surface area (Å²) >= 11 is 18.2. The van der Waals surface area contributed by atoms with E-state index in [0.29, 0.717) is 28.2 Å². The molecular weight excluding hydrogens is 293 g/mol. The molecule has 0 saturated heterocycles. The molecule has 3 nitrogen and oxygen atoms in total. The Balaban J connectivity index is 2.03. The van der Waals surface area contributed by atoms with Crippen LogP contribution in [0, 0.1) is 0 Å². The highest BCUT2D eigenvalue weighted by atomic mass is 35.5. The zero-order chi connectivity index (χ0) is 13.1. The van der Waals surface area contributed by atoms with Gasteiger partial charge in [0, 0.05) is 36.9 Å². The van der Waals surface area contributed by atoms with Crippen molar-refractivity contribution in [1.29, 1.82) is 0 Å². The van der Waals surface area contributed by atoms with Gasteiger partial charge in [-0.25, -0.2) is 0 Å². The van der Waals surface area contributed by atoms with Crippen molar-refractivity contribution in [2.24, 2.45) is 7.05 Å². The van der Waals surface area contributed by atoms with Gasteiger partial charge >= 0.3 is 0 Å². The van der Waals surface area contributed by atoms with Crippen LogP contribution in [-0.4, -0.2) is 9.78 Å². The van der Waals surface area contributed by atoms with Crippen LogP contribution in [0.15, 0.2) is 24.4 Å². The molecule has 96 valence electrons. The smallest absolute Gasteiger partial charge is 0.0652 e. The zero-order valence-corrected chi connectivity index (χ0v) is 12.0. The number of hydrogen-bond donors (Lipinski definition) is 1. The number of nitrogens with zero attached hydrogens (tertiary/aromatic N) is 2. The van der Waals surface area contributed by atoms with E-state index in [1.54, 1.807) is 18.3 Å². The van der Waals surface area contributed by atoms with Crippen molar-refractivity contribution in [1.82, 2.24) is 15.1 Å². The van der Waals surface area contributed by atoms with Gasteiger partial charge in [0.25, 0.3) is 0 Å². The van der Waals surface area contributed by atoms with Crippen molar-refractivity contribution in [3.63, 3.8) is 0 Å². The molecule has 0 saturated carbocycles. The molecule has 0 aliphatic carbocycles. The van der Waals surface area contributed by atoms with Crippen molar-refractivity contribution in [3.8, 4) is 0 Å². The van der Waals surface area contributed by atoms with Crippen molar-refractivity contribution < 1.29 is 0 Å². The molecule has 6 heteroatoms. The summed E-state index contributed by atoms with van der Waals surface area (Å²) in [7, 11) is 1.90. The normalized spacial score (nSPS) is 10.9. The molecule has 2 rings (SSSR count). The van der Waals surface area contributed by atoms with Gasteiger partial charge in [0.15, 0.2) is 0 Å². The number of aryl methyl sites for hydroxylation is 1. The molecule has 0 spiro atoms. The minimum absolute atomic E-state index is 0.502. The van der Waals surface area contributed by atoms with Crippen LogP contribution >= 0.6 is 34.8 Å². The fourth-order valence-corrected chi connectivity index (χ4v) is 2.30. The molecule has 0 aliphatic heterocycles. The monoisotopic (exact) mass is 303 g/mol. The van der Waals surface area contributed by atoms with Crippen LogP contribution < -0.4 is 5.32 Å². The van der Waals surface area contributed by atoms with E-state index in [9.17, 15) is 0 Å². The first kappa shape index (κ1) is 13.7. The molecule has 0 atom stereocenters. The summed E-state index contributed by atoms with van der Waals surface area (Å²) in [6, 6.07) is 5.39. The summed E-state index contributed by atoms with van der Waals surface area (Å²) in [6.07, 6.45) is 1.76. The van der Waals surface area contributed by atoms with E-state index < -0.39 is 0 Å². The number of hydrogen-bond acceptors (Lipinski definition) is 2. The lowest BCUT2D eigenvalue weighted by Crippen LogP contribution is -2.15. The first-order valence-corrected chi connectivity index (χ1v) is 6.53. The quantitative estimate of drug-likeness (QED) is 0.874. The standard InChI is InChI=1S/C12H12Cl3N3/c1-18-8(4-5-17-18)6-16-7-9-10(13)2-3-11(14)12(9)15/h2-5,16H,6-7H2,1H3. The first-order chi connectivity index (χ1) is 8.59. The zero-order valence-electron chi connectivity index (χ0n) is 9.75. The third-order valence-electron chi connectivity index (χ3n) is 2.67. The fourth-order valence-electron chi connectivity index (χ4n) is 1.62. The average molecular weight is 305 g/mol. The Morgan fingerprint density at radius 2 is 1.83 bits per heavy atom. The first-order valence-electron chi connectivity index (χ1n) is 5.39. The van der Waals surface area contributed by atoms with Crippen LogP contribution in [0.2, 0.25) is 15.1 Å². The molecule has 18 heavy (non-hydrogen) atoms. The second-order valence-electron chi connectivity index (χ2n) is 3.87. The maximum atomic E-state index is 6.12. The summed E-state index contributed by atoms with van der Waals surface area (Å²) < 4.78 is 1.81. The van der Waals surface area contributed by atoms with E-state index in [2.05, 4.69) is 10.4 Å². The topological polar surface area (TPSA) is 29.9 Å². The van der Waals surface area contributed by atoms with Gasteiger partial charge in [-0.05, 0) is 18.2 Å². The molecule has 0 amide bonds. The van der Waals surface area contributed by atoms with Gasteiger partial charge in [-0.15, -0.1) is 0 Å². The Labute approximate surface area is 121 Å². The number of benzene rings is 1. The lowest BCUT2D eigenvalue weighted by molar-refractivity contribution is 0.626. The minimum Gasteiger partial charge on any atom is -0.307 e. The predicted octanol–water partition coefficient (Wildman–Crippen LogP) is 3.67. The molecular formula is C12H12Cl3N3. The van der Waals surface area contributed by atoms with E-state index in [4.69, 9.17) is 34.8 Å². The largest absolute Gasteiger partial charge is 0.307 e. The number of nitrogens with one attached hydrogen (secondary N) is 1. The van der Waals surface area contributed by atoms with E-state index in [-0.39, 0.29) is 0 Å². The van der Waals surface area contributed by atoms with E-state index >= 15 is 0 Å². The van der Waals surface area contributed by atoms with Crippen molar-refractivity contribution in [2.45, 2.75) is 13.1 Å². The molecule has 1 aromatic carbocycles. The van der Waals surface area contributed by atoms with Gasteiger partial charge < -0.3 is 5.32 Å². The molecule has 0 aliphatic rings. The fraction of sp³-hybridized carbons (Fsp3) is 0.250. The van der Waals surface area contributed by atoms with E-state index in [0.717, 1.165) is 11.3 Å². The number of aromatic nitrogens is 2. The maximum Gasteiger partial charge on any atom is 0.0652 e. The average Bonchev–Trinajstić information content (AvgIpc) is 2.74.